The number of benzene rings is 1. The van der Waals surface area contributed by atoms with Gasteiger partial charge in [-0.05, 0) is 43.0 Å². The second kappa shape index (κ2) is 8.43. The van der Waals surface area contributed by atoms with E-state index >= 15 is 0 Å². The van der Waals surface area contributed by atoms with Crippen LogP contribution < -0.4 is 0 Å². The van der Waals surface area contributed by atoms with Gasteiger partial charge < -0.3 is 9.47 Å². The zero-order valence-electron chi connectivity index (χ0n) is 14.6. The van der Waals surface area contributed by atoms with Gasteiger partial charge in [0.1, 0.15) is 12.7 Å². The van der Waals surface area contributed by atoms with Crippen LogP contribution in [0.5, 0.6) is 0 Å². The number of pyridine rings is 1. The maximum absolute atomic E-state index is 12.1. The number of rotatable bonds is 6. The zero-order valence-corrected chi connectivity index (χ0v) is 14.6. The summed E-state index contributed by atoms with van der Waals surface area (Å²) in [6.45, 7) is 1.98. The highest BCUT2D eigenvalue weighted by Gasteiger charge is 2.38. The topological polar surface area (TPSA) is 65.5 Å². The van der Waals surface area contributed by atoms with E-state index in [0.717, 1.165) is 11.1 Å². The Labute approximate surface area is 152 Å². The fourth-order valence-electron chi connectivity index (χ4n) is 2.72. The summed E-state index contributed by atoms with van der Waals surface area (Å²) in [6.07, 6.45) is 5.89. The molecule has 1 saturated carbocycles. The first kappa shape index (κ1) is 17.9. The quantitative estimate of drug-likeness (QED) is 0.588. The van der Waals surface area contributed by atoms with Gasteiger partial charge >= 0.3 is 11.9 Å². The standard InChI is InChI=1S/C21H21NO4/c1-15(10-17-8-5-9-22-13-17)20(23)26-19-11-18(12-19)21(24)25-14-16-6-3-2-4-7-16/h2-10,13,18-19H,11-12,14H2,1H3/b15-10+. The van der Waals surface area contributed by atoms with E-state index in [1.165, 1.54) is 0 Å². The molecule has 0 aliphatic heterocycles. The summed E-state index contributed by atoms with van der Waals surface area (Å²) in [6, 6.07) is 13.2. The number of esters is 2. The Morgan fingerprint density at radius 3 is 2.62 bits per heavy atom. The number of ether oxygens (including phenoxy) is 2. The van der Waals surface area contributed by atoms with Crippen molar-refractivity contribution >= 4 is 18.0 Å². The molecule has 1 aromatic heterocycles. The third-order valence-electron chi connectivity index (χ3n) is 4.32. The molecule has 0 amide bonds. The van der Waals surface area contributed by atoms with Gasteiger partial charge in [0.15, 0.2) is 0 Å². The van der Waals surface area contributed by atoms with E-state index in [-0.39, 0.29) is 30.6 Å². The molecule has 134 valence electrons. The lowest BCUT2D eigenvalue weighted by Crippen LogP contribution is -2.38. The first-order chi connectivity index (χ1) is 12.6. The monoisotopic (exact) mass is 351 g/mol. The van der Waals surface area contributed by atoms with Crippen LogP contribution in [0.25, 0.3) is 6.08 Å². The number of aromatic nitrogens is 1. The van der Waals surface area contributed by atoms with Gasteiger partial charge in [0, 0.05) is 18.0 Å². The van der Waals surface area contributed by atoms with Crippen molar-refractivity contribution < 1.29 is 19.1 Å². The van der Waals surface area contributed by atoms with Crippen LogP contribution in [-0.4, -0.2) is 23.0 Å². The van der Waals surface area contributed by atoms with Gasteiger partial charge in [-0.3, -0.25) is 9.78 Å². The minimum Gasteiger partial charge on any atom is -0.461 e. The van der Waals surface area contributed by atoms with E-state index in [2.05, 4.69) is 4.98 Å². The second-order valence-electron chi connectivity index (χ2n) is 6.40. The SMILES string of the molecule is C/C(=C\c1cccnc1)C(=O)OC1CC(C(=O)OCc2ccccc2)C1. The molecule has 0 atom stereocenters. The number of hydrogen-bond donors (Lipinski definition) is 0. The molecule has 1 heterocycles. The number of hydrogen-bond acceptors (Lipinski definition) is 5. The molecule has 0 spiro atoms. The van der Waals surface area contributed by atoms with Crippen LogP contribution in [0.2, 0.25) is 0 Å². The molecule has 1 aromatic carbocycles. The van der Waals surface area contributed by atoms with E-state index < -0.39 is 0 Å². The van der Waals surface area contributed by atoms with Crippen LogP contribution in [0, 0.1) is 5.92 Å². The molecule has 0 saturated heterocycles. The number of carbonyl (C=O) groups is 2. The molecule has 3 rings (SSSR count). The summed E-state index contributed by atoms with van der Waals surface area (Å²) < 4.78 is 10.7. The molecule has 1 fully saturated rings. The van der Waals surface area contributed by atoms with Crippen LogP contribution in [0.4, 0.5) is 0 Å². The smallest absolute Gasteiger partial charge is 0.334 e. The Balaban J connectivity index is 1.41. The van der Waals surface area contributed by atoms with E-state index in [0.29, 0.717) is 18.4 Å². The van der Waals surface area contributed by atoms with Crippen molar-refractivity contribution in [2.45, 2.75) is 32.5 Å². The Kier molecular flexibility index (Phi) is 5.79. The van der Waals surface area contributed by atoms with Crippen molar-refractivity contribution in [3.63, 3.8) is 0 Å². The Morgan fingerprint density at radius 2 is 1.92 bits per heavy atom. The summed E-state index contributed by atoms with van der Waals surface area (Å²) in [5.74, 6) is -0.794. The van der Waals surface area contributed by atoms with Crippen LogP contribution in [0.3, 0.4) is 0 Å². The largest absolute Gasteiger partial charge is 0.461 e. The van der Waals surface area contributed by atoms with E-state index in [1.54, 1.807) is 25.4 Å². The van der Waals surface area contributed by atoms with Crippen molar-refractivity contribution in [2.75, 3.05) is 0 Å². The predicted molar refractivity (Wildman–Crippen MR) is 96.7 cm³/mol. The Hall–Kier alpha value is -2.95. The minimum absolute atomic E-state index is 0.195. The highest BCUT2D eigenvalue weighted by atomic mass is 16.6. The van der Waals surface area contributed by atoms with Gasteiger partial charge in [0.25, 0.3) is 0 Å². The van der Waals surface area contributed by atoms with E-state index in [4.69, 9.17) is 9.47 Å². The van der Waals surface area contributed by atoms with Gasteiger partial charge in [-0.1, -0.05) is 36.4 Å². The fourth-order valence-corrected chi connectivity index (χ4v) is 2.72. The lowest BCUT2D eigenvalue weighted by Gasteiger charge is -2.32. The summed E-state index contributed by atoms with van der Waals surface area (Å²) in [5, 5.41) is 0. The highest BCUT2D eigenvalue weighted by Crippen LogP contribution is 2.32. The van der Waals surface area contributed by atoms with Crippen molar-refractivity contribution in [1.82, 2.24) is 4.98 Å². The van der Waals surface area contributed by atoms with Crippen LogP contribution in [0.15, 0.2) is 60.4 Å². The molecule has 0 unspecified atom stereocenters. The molecule has 2 aromatic rings. The molecule has 0 N–H and O–H groups in total. The number of nitrogens with zero attached hydrogens (tertiary/aromatic N) is 1. The average Bonchev–Trinajstić information content (AvgIpc) is 2.63. The lowest BCUT2D eigenvalue weighted by atomic mass is 9.82. The third kappa shape index (κ3) is 4.79. The summed E-state index contributed by atoms with van der Waals surface area (Å²) in [4.78, 5) is 28.1. The third-order valence-corrected chi connectivity index (χ3v) is 4.32. The summed E-state index contributed by atoms with van der Waals surface area (Å²) >= 11 is 0. The van der Waals surface area contributed by atoms with E-state index in [1.807, 2.05) is 42.5 Å². The average molecular weight is 351 g/mol. The molecule has 0 radical (unpaired) electrons. The Morgan fingerprint density at radius 1 is 1.15 bits per heavy atom. The van der Waals surface area contributed by atoms with Gasteiger partial charge in [-0.25, -0.2) is 4.79 Å². The molecular weight excluding hydrogens is 330 g/mol. The van der Waals surface area contributed by atoms with Crippen molar-refractivity contribution in [2.24, 2.45) is 5.92 Å². The molecule has 1 aliphatic rings. The second-order valence-corrected chi connectivity index (χ2v) is 6.40. The van der Waals surface area contributed by atoms with Gasteiger partial charge in [-0.15, -0.1) is 0 Å². The molecule has 0 bridgehead atoms. The minimum atomic E-state index is -0.366. The maximum Gasteiger partial charge on any atom is 0.334 e. The van der Waals surface area contributed by atoms with Crippen molar-refractivity contribution in [3.8, 4) is 0 Å². The molecule has 1 aliphatic carbocycles. The highest BCUT2D eigenvalue weighted by molar-refractivity contribution is 5.93. The van der Waals surface area contributed by atoms with Crippen LogP contribution in [0.1, 0.15) is 30.9 Å². The summed E-state index contributed by atoms with van der Waals surface area (Å²) in [5.41, 5.74) is 2.31. The van der Waals surface area contributed by atoms with Crippen molar-refractivity contribution in [3.05, 3.63) is 71.6 Å². The van der Waals surface area contributed by atoms with Crippen LogP contribution >= 0.6 is 0 Å². The molecule has 5 heteroatoms. The fraction of sp³-hybridized carbons (Fsp3) is 0.286. The maximum atomic E-state index is 12.1. The predicted octanol–water partition coefficient (Wildman–Crippen LogP) is 3.55. The first-order valence-corrected chi connectivity index (χ1v) is 8.61. The normalized spacial score (nSPS) is 19.3. The van der Waals surface area contributed by atoms with Gasteiger partial charge in [0.05, 0.1) is 5.92 Å². The van der Waals surface area contributed by atoms with Crippen molar-refractivity contribution in [1.29, 1.82) is 0 Å². The van der Waals surface area contributed by atoms with Gasteiger partial charge in [-0.2, -0.15) is 0 Å². The zero-order chi connectivity index (χ0) is 18.4. The molecular formula is C21H21NO4. The van der Waals surface area contributed by atoms with Crippen LogP contribution in [-0.2, 0) is 25.7 Å². The number of carbonyl (C=O) groups excluding carboxylic acids is 2. The first-order valence-electron chi connectivity index (χ1n) is 8.61. The van der Waals surface area contributed by atoms with Gasteiger partial charge in [0.2, 0.25) is 0 Å². The molecule has 26 heavy (non-hydrogen) atoms. The lowest BCUT2D eigenvalue weighted by molar-refractivity contribution is -0.165. The molecule has 5 nitrogen and oxygen atoms in total. The van der Waals surface area contributed by atoms with E-state index in [9.17, 15) is 9.59 Å². The summed E-state index contributed by atoms with van der Waals surface area (Å²) in [7, 11) is 0. The Bertz CT molecular complexity index is 780.